The van der Waals surface area contributed by atoms with Gasteiger partial charge in [0.2, 0.25) is 0 Å². The van der Waals surface area contributed by atoms with Crippen LogP contribution in [0.4, 0.5) is 4.79 Å². The van der Waals surface area contributed by atoms with E-state index in [9.17, 15) is 4.79 Å². The van der Waals surface area contributed by atoms with E-state index in [1.807, 2.05) is 24.3 Å². The lowest BCUT2D eigenvalue weighted by Gasteiger charge is -2.31. The summed E-state index contributed by atoms with van der Waals surface area (Å²) in [6, 6.07) is 8.11. The van der Waals surface area contributed by atoms with Crippen molar-refractivity contribution in [1.29, 1.82) is 0 Å². The number of nitrogens with zero attached hydrogens (tertiary/aromatic N) is 2. The number of rotatable bonds is 3. The molecule has 0 saturated carbocycles. The van der Waals surface area contributed by atoms with Gasteiger partial charge < -0.3 is 20.9 Å². The van der Waals surface area contributed by atoms with E-state index in [0.29, 0.717) is 6.04 Å². The molecule has 6 heteroatoms. The highest BCUT2D eigenvalue weighted by atomic mass is 16.2. The first kappa shape index (κ1) is 12.9. The zero-order valence-corrected chi connectivity index (χ0v) is 11.3. The molecule has 1 aromatic heterocycles. The van der Waals surface area contributed by atoms with E-state index in [-0.39, 0.29) is 6.03 Å². The summed E-state index contributed by atoms with van der Waals surface area (Å²) in [4.78, 5) is 20.6. The Kier molecular flexibility index (Phi) is 3.56. The molecule has 1 saturated heterocycles. The van der Waals surface area contributed by atoms with Crippen LogP contribution in [0.15, 0.2) is 24.3 Å². The molecule has 6 nitrogen and oxygen atoms in total. The summed E-state index contributed by atoms with van der Waals surface area (Å²) < 4.78 is 0. The molecular formula is C14H19N5O. The molecule has 1 fully saturated rings. The number of aromatic nitrogens is 2. The maximum absolute atomic E-state index is 11.1. The molecule has 3 rings (SSSR count). The van der Waals surface area contributed by atoms with Crippen LogP contribution in [-0.4, -0.2) is 40.0 Å². The minimum Gasteiger partial charge on any atom is -0.351 e. The van der Waals surface area contributed by atoms with Crippen molar-refractivity contribution in [3.8, 4) is 0 Å². The van der Waals surface area contributed by atoms with Crippen LogP contribution >= 0.6 is 0 Å². The molecule has 0 atom stereocenters. The van der Waals surface area contributed by atoms with Gasteiger partial charge in [-0.2, -0.15) is 0 Å². The van der Waals surface area contributed by atoms with Crippen LogP contribution in [0.3, 0.4) is 0 Å². The Bertz CT molecular complexity index is 567. The number of carbonyl (C=O) groups excluding carboxylic acids is 1. The number of para-hydroxylation sites is 2. The van der Waals surface area contributed by atoms with E-state index < -0.39 is 0 Å². The fraction of sp³-hybridized carbons (Fsp3) is 0.429. The molecule has 1 aliphatic rings. The number of fused-ring (bicyclic) bond motifs is 1. The Hall–Kier alpha value is -2.08. The van der Waals surface area contributed by atoms with Gasteiger partial charge in [-0.1, -0.05) is 12.1 Å². The van der Waals surface area contributed by atoms with Crippen LogP contribution in [0.25, 0.3) is 11.0 Å². The van der Waals surface area contributed by atoms with Crippen molar-refractivity contribution in [2.24, 2.45) is 5.73 Å². The third-order valence-electron chi connectivity index (χ3n) is 3.80. The summed E-state index contributed by atoms with van der Waals surface area (Å²) in [6.07, 6.45) is 1.87. The van der Waals surface area contributed by atoms with E-state index >= 15 is 0 Å². The van der Waals surface area contributed by atoms with Crippen molar-refractivity contribution in [2.75, 3.05) is 13.1 Å². The summed E-state index contributed by atoms with van der Waals surface area (Å²) >= 11 is 0. The first-order valence-corrected chi connectivity index (χ1v) is 6.94. The minimum absolute atomic E-state index is 0.319. The van der Waals surface area contributed by atoms with Gasteiger partial charge in [-0.25, -0.2) is 9.78 Å². The lowest BCUT2D eigenvalue weighted by molar-refractivity contribution is 0.185. The van der Waals surface area contributed by atoms with Gasteiger partial charge in [0, 0.05) is 19.1 Å². The number of aromatic amines is 1. The van der Waals surface area contributed by atoms with Gasteiger partial charge in [-0.3, -0.25) is 0 Å². The quantitative estimate of drug-likeness (QED) is 0.785. The molecule has 106 valence electrons. The average molecular weight is 273 g/mol. The molecule has 4 N–H and O–H groups in total. The number of urea groups is 1. The van der Waals surface area contributed by atoms with Crippen molar-refractivity contribution in [2.45, 2.75) is 25.4 Å². The second-order valence-corrected chi connectivity index (χ2v) is 5.18. The molecule has 2 aromatic rings. The summed E-state index contributed by atoms with van der Waals surface area (Å²) in [5, 5.41) is 3.49. The number of amides is 2. The highest BCUT2D eigenvalue weighted by Crippen LogP contribution is 2.12. The zero-order valence-electron chi connectivity index (χ0n) is 11.3. The normalized spacial score (nSPS) is 16.7. The number of nitrogens with one attached hydrogen (secondary N) is 2. The standard InChI is InChI=1S/C14H19N5O/c15-14(20)19-7-5-10(6-8-19)16-9-13-17-11-3-1-2-4-12(11)18-13/h1-4,10,16H,5-9H2,(H2,15,20)(H,17,18). The fourth-order valence-electron chi connectivity index (χ4n) is 2.63. The van der Waals surface area contributed by atoms with Gasteiger partial charge in [0.05, 0.1) is 17.6 Å². The number of likely N-dealkylation sites (tertiary alicyclic amines) is 1. The molecule has 0 aliphatic carbocycles. The van der Waals surface area contributed by atoms with Gasteiger partial charge in [0.25, 0.3) is 0 Å². The highest BCUT2D eigenvalue weighted by Gasteiger charge is 2.20. The highest BCUT2D eigenvalue weighted by molar-refractivity contribution is 5.74. The van der Waals surface area contributed by atoms with E-state index in [1.54, 1.807) is 4.90 Å². The van der Waals surface area contributed by atoms with Crippen molar-refractivity contribution >= 4 is 17.1 Å². The third kappa shape index (κ3) is 2.75. The number of piperidine rings is 1. The van der Waals surface area contributed by atoms with Crippen LogP contribution in [-0.2, 0) is 6.54 Å². The Morgan fingerprint density at radius 2 is 2.15 bits per heavy atom. The second-order valence-electron chi connectivity index (χ2n) is 5.18. The first-order chi connectivity index (χ1) is 9.72. The molecule has 2 amide bonds. The molecule has 0 unspecified atom stereocenters. The summed E-state index contributed by atoms with van der Waals surface area (Å²) in [6.45, 7) is 2.18. The molecule has 20 heavy (non-hydrogen) atoms. The zero-order chi connectivity index (χ0) is 13.9. The van der Waals surface area contributed by atoms with Gasteiger partial charge in [0.1, 0.15) is 5.82 Å². The van der Waals surface area contributed by atoms with Crippen LogP contribution in [0, 0.1) is 0 Å². The predicted molar refractivity (Wildman–Crippen MR) is 77.1 cm³/mol. The predicted octanol–water partition coefficient (Wildman–Crippen LogP) is 1.20. The maximum atomic E-state index is 11.1. The van der Waals surface area contributed by atoms with E-state index in [4.69, 9.17) is 5.73 Å². The molecule has 1 aliphatic heterocycles. The van der Waals surface area contributed by atoms with Gasteiger partial charge >= 0.3 is 6.03 Å². The van der Waals surface area contributed by atoms with Gasteiger partial charge in [-0.05, 0) is 25.0 Å². The summed E-state index contributed by atoms with van der Waals surface area (Å²) in [7, 11) is 0. The van der Waals surface area contributed by atoms with Crippen LogP contribution < -0.4 is 11.1 Å². The lowest BCUT2D eigenvalue weighted by atomic mass is 10.1. The van der Waals surface area contributed by atoms with Crippen molar-refractivity contribution < 1.29 is 4.79 Å². The lowest BCUT2D eigenvalue weighted by Crippen LogP contribution is -2.46. The second kappa shape index (κ2) is 5.50. The van der Waals surface area contributed by atoms with Gasteiger partial charge in [0.15, 0.2) is 0 Å². The SMILES string of the molecule is NC(=O)N1CCC(NCc2nc3ccccc3[nH]2)CC1. The summed E-state index contributed by atoms with van der Waals surface area (Å²) in [5.41, 5.74) is 7.33. The van der Waals surface area contributed by atoms with Crippen LogP contribution in [0.5, 0.6) is 0 Å². The molecule has 0 spiro atoms. The number of nitrogens with two attached hydrogens (primary N) is 1. The van der Waals surface area contributed by atoms with Crippen molar-refractivity contribution in [3.63, 3.8) is 0 Å². The van der Waals surface area contributed by atoms with Crippen LogP contribution in [0.2, 0.25) is 0 Å². The molecular weight excluding hydrogens is 254 g/mol. The Morgan fingerprint density at radius 1 is 1.40 bits per heavy atom. The van der Waals surface area contributed by atoms with Crippen molar-refractivity contribution in [1.82, 2.24) is 20.2 Å². The number of carbonyl (C=O) groups is 1. The molecule has 0 bridgehead atoms. The number of hydrogen-bond donors (Lipinski definition) is 3. The maximum Gasteiger partial charge on any atom is 0.314 e. The monoisotopic (exact) mass is 273 g/mol. The minimum atomic E-state index is -0.319. The van der Waals surface area contributed by atoms with Gasteiger partial charge in [-0.15, -0.1) is 0 Å². The first-order valence-electron chi connectivity index (χ1n) is 6.94. The van der Waals surface area contributed by atoms with Crippen molar-refractivity contribution in [3.05, 3.63) is 30.1 Å². The Morgan fingerprint density at radius 3 is 2.85 bits per heavy atom. The Labute approximate surface area is 117 Å². The average Bonchev–Trinajstić information content (AvgIpc) is 2.88. The number of hydrogen-bond acceptors (Lipinski definition) is 3. The molecule has 2 heterocycles. The molecule has 0 radical (unpaired) electrons. The molecule has 1 aromatic carbocycles. The Balaban J connectivity index is 1.54. The van der Waals surface area contributed by atoms with E-state index in [1.165, 1.54) is 0 Å². The van der Waals surface area contributed by atoms with E-state index in [2.05, 4.69) is 15.3 Å². The van der Waals surface area contributed by atoms with Crippen LogP contribution in [0.1, 0.15) is 18.7 Å². The fourth-order valence-corrected chi connectivity index (χ4v) is 2.63. The number of benzene rings is 1. The largest absolute Gasteiger partial charge is 0.351 e. The number of imidazole rings is 1. The topological polar surface area (TPSA) is 87.0 Å². The third-order valence-corrected chi connectivity index (χ3v) is 3.80. The smallest absolute Gasteiger partial charge is 0.314 e. The summed E-state index contributed by atoms with van der Waals surface area (Å²) in [5.74, 6) is 0.948. The van der Waals surface area contributed by atoms with E-state index in [0.717, 1.165) is 49.3 Å². The number of primary amides is 1. The number of H-pyrrole nitrogens is 1.